The number of hydrogen-bond donors (Lipinski definition) is 1. The number of nitrogens with zero attached hydrogens (tertiary/aromatic N) is 1. The van der Waals surface area contributed by atoms with Crippen LogP contribution in [0.4, 0.5) is 10.5 Å². The SMILES string of the molecule is O=C1NC(=O)N(c2cccc(Cl)c2)C(=O)/C1=C/c1c(OCc2ccc(Cl)cc2)ccc2ccccc12. The number of rotatable bonds is 5. The number of carbonyl (C=O) groups excluding carboxylic acids is 3. The number of barbiturate groups is 1. The van der Waals surface area contributed by atoms with Gasteiger partial charge < -0.3 is 4.74 Å². The van der Waals surface area contributed by atoms with Gasteiger partial charge in [-0.05, 0) is 58.8 Å². The first-order valence-corrected chi connectivity index (χ1v) is 11.7. The molecule has 0 bridgehead atoms. The fourth-order valence-electron chi connectivity index (χ4n) is 3.94. The standard InChI is InChI=1S/C28H18Cl2N2O4/c29-19-11-8-17(9-12-19)16-36-25-13-10-18-4-1-2-7-22(18)23(25)15-24-26(33)31-28(35)32(27(24)34)21-6-3-5-20(30)14-21/h1-15H,16H2,(H,31,33,35)/b24-15+. The molecule has 4 amide bonds. The topological polar surface area (TPSA) is 75.7 Å². The van der Waals surface area contributed by atoms with E-state index in [-0.39, 0.29) is 17.9 Å². The Kier molecular flexibility index (Phi) is 6.46. The van der Waals surface area contributed by atoms with Gasteiger partial charge in [-0.3, -0.25) is 14.9 Å². The Hall–Kier alpha value is -4.13. The highest BCUT2D eigenvalue weighted by Gasteiger charge is 2.37. The van der Waals surface area contributed by atoms with Crippen LogP contribution in [0.25, 0.3) is 16.8 Å². The molecule has 4 aromatic carbocycles. The van der Waals surface area contributed by atoms with Gasteiger partial charge in [-0.1, -0.05) is 71.7 Å². The lowest BCUT2D eigenvalue weighted by molar-refractivity contribution is -0.122. The Morgan fingerprint density at radius 2 is 1.61 bits per heavy atom. The fourth-order valence-corrected chi connectivity index (χ4v) is 4.25. The number of amides is 4. The first-order valence-electron chi connectivity index (χ1n) is 11.0. The zero-order chi connectivity index (χ0) is 25.2. The highest BCUT2D eigenvalue weighted by atomic mass is 35.5. The Morgan fingerprint density at radius 1 is 0.833 bits per heavy atom. The van der Waals surface area contributed by atoms with Gasteiger partial charge in [-0.25, -0.2) is 9.69 Å². The van der Waals surface area contributed by atoms with Gasteiger partial charge in [0.15, 0.2) is 0 Å². The van der Waals surface area contributed by atoms with Crippen molar-refractivity contribution in [2.75, 3.05) is 4.90 Å². The maximum atomic E-state index is 13.4. The Morgan fingerprint density at radius 3 is 2.39 bits per heavy atom. The minimum atomic E-state index is -0.846. The molecule has 0 saturated carbocycles. The van der Waals surface area contributed by atoms with Crippen LogP contribution in [0, 0.1) is 0 Å². The van der Waals surface area contributed by atoms with E-state index in [1.165, 1.54) is 12.1 Å². The number of halogens is 2. The van der Waals surface area contributed by atoms with Crippen molar-refractivity contribution in [2.45, 2.75) is 6.61 Å². The van der Waals surface area contributed by atoms with Crippen LogP contribution in [0.3, 0.4) is 0 Å². The first-order chi connectivity index (χ1) is 17.4. The summed E-state index contributed by atoms with van der Waals surface area (Å²) in [6.07, 6.45) is 1.46. The van der Waals surface area contributed by atoms with Crippen molar-refractivity contribution in [3.8, 4) is 5.75 Å². The summed E-state index contributed by atoms with van der Waals surface area (Å²) < 4.78 is 6.10. The molecule has 1 heterocycles. The predicted molar refractivity (Wildman–Crippen MR) is 140 cm³/mol. The first kappa shape index (κ1) is 23.6. The summed E-state index contributed by atoms with van der Waals surface area (Å²) in [6, 6.07) is 23.9. The van der Waals surface area contributed by atoms with Crippen LogP contribution in [-0.2, 0) is 16.2 Å². The second-order valence-corrected chi connectivity index (χ2v) is 8.92. The minimum Gasteiger partial charge on any atom is -0.488 e. The number of nitrogens with one attached hydrogen (secondary N) is 1. The lowest BCUT2D eigenvalue weighted by Crippen LogP contribution is -2.54. The van der Waals surface area contributed by atoms with E-state index in [1.807, 2.05) is 42.5 Å². The lowest BCUT2D eigenvalue weighted by atomic mass is 9.99. The van der Waals surface area contributed by atoms with Crippen molar-refractivity contribution in [3.63, 3.8) is 0 Å². The van der Waals surface area contributed by atoms with Crippen LogP contribution in [0.2, 0.25) is 10.0 Å². The highest BCUT2D eigenvalue weighted by Crippen LogP contribution is 2.32. The largest absolute Gasteiger partial charge is 0.488 e. The van der Waals surface area contributed by atoms with Gasteiger partial charge in [-0.15, -0.1) is 0 Å². The van der Waals surface area contributed by atoms with E-state index < -0.39 is 17.8 Å². The molecule has 1 aliphatic rings. The summed E-state index contributed by atoms with van der Waals surface area (Å²) in [7, 11) is 0. The molecule has 1 saturated heterocycles. The molecule has 1 N–H and O–H groups in total. The van der Waals surface area contributed by atoms with E-state index in [9.17, 15) is 14.4 Å². The molecule has 0 atom stereocenters. The van der Waals surface area contributed by atoms with Crippen molar-refractivity contribution in [1.82, 2.24) is 5.32 Å². The molecule has 1 aliphatic heterocycles. The molecule has 36 heavy (non-hydrogen) atoms. The van der Waals surface area contributed by atoms with E-state index in [4.69, 9.17) is 27.9 Å². The number of imide groups is 2. The third kappa shape index (κ3) is 4.69. The quantitative estimate of drug-likeness (QED) is 0.246. The van der Waals surface area contributed by atoms with Crippen LogP contribution in [0.5, 0.6) is 5.75 Å². The number of fused-ring (bicyclic) bond motifs is 1. The predicted octanol–water partition coefficient (Wildman–Crippen LogP) is 6.39. The van der Waals surface area contributed by atoms with Crippen LogP contribution < -0.4 is 15.0 Å². The van der Waals surface area contributed by atoms with Gasteiger partial charge in [0.2, 0.25) is 0 Å². The molecule has 5 rings (SSSR count). The van der Waals surface area contributed by atoms with Gasteiger partial charge in [0, 0.05) is 15.6 Å². The molecule has 1 fully saturated rings. The van der Waals surface area contributed by atoms with Crippen LogP contribution >= 0.6 is 23.2 Å². The number of anilines is 1. The molecule has 4 aromatic rings. The van der Waals surface area contributed by atoms with E-state index in [1.54, 1.807) is 36.4 Å². The third-order valence-electron chi connectivity index (χ3n) is 5.70. The minimum absolute atomic E-state index is 0.206. The molecule has 0 radical (unpaired) electrons. The maximum absolute atomic E-state index is 13.4. The van der Waals surface area contributed by atoms with Gasteiger partial charge in [-0.2, -0.15) is 0 Å². The average Bonchev–Trinajstić information content (AvgIpc) is 2.86. The zero-order valence-electron chi connectivity index (χ0n) is 18.7. The molecule has 0 aromatic heterocycles. The number of ether oxygens (including phenoxy) is 1. The summed E-state index contributed by atoms with van der Waals surface area (Å²) in [4.78, 5) is 39.6. The monoisotopic (exact) mass is 516 g/mol. The van der Waals surface area contributed by atoms with E-state index in [0.717, 1.165) is 21.2 Å². The third-order valence-corrected chi connectivity index (χ3v) is 6.18. The van der Waals surface area contributed by atoms with Crippen LogP contribution in [0.1, 0.15) is 11.1 Å². The van der Waals surface area contributed by atoms with Crippen molar-refractivity contribution in [1.29, 1.82) is 0 Å². The molecular weight excluding hydrogens is 499 g/mol. The van der Waals surface area contributed by atoms with Gasteiger partial charge in [0.05, 0.1) is 5.69 Å². The smallest absolute Gasteiger partial charge is 0.335 e. The fraction of sp³-hybridized carbons (Fsp3) is 0.0357. The number of carbonyl (C=O) groups is 3. The van der Waals surface area contributed by atoms with E-state index in [0.29, 0.717) is 21.4 Å². The summed E-state index contributed by atoms with van der Waals surface area (Å²) in [5.74, 6) is -1.08. The molecule has 0 spiro atoms. The molecule has 0 unspecified atom stereocenters. The summed E-state index contributed by atoms with van der Waals surface area (Å²) >= 11 is 12.0. The summed E-state index contributed by atoms with van der Waals surface area (Å²) in [5.41, 5.74) is 1.49. The van der Waals surface area contributed by atoms with Crippen molar-refractivity contribution in [3.05, 3.63) is 112 Å². The van der Waals surface area contributed by atoms with Gasteiger partial charge in [0.25, 0.3) is 11.8 Å². The summed E-state index contributed by atoms with van der Waals surface area (Å²) in [6.45, 7) is 0.249. The number of urea groups is 1. The van der Waals surface area contributed by atoms with Crippen LogP contribution in [0.15, 0.2) is 90.5 Å². The lowest BCUT2D eigenvalue weighted by Gasteiger charge is -2.26. The molecule has 0 aliphatic carbocycles. The van der Waals surface area contributed by atoms with Crippen molar-refractivity contribution >= 4 is 63.6 Å². The molecule has 6 nitrogen and oxygen atoms in total. The van der Waals surface area contributed by atoms with Gasteiger partial charge >= 0.3 is 6.03 Å². The normalized spacial score (nSPS) is 14.9. The number of hydrogen-bond acceptors (Lipinski definition) is 4. The Balaban J connectivity index is 1.58. The Labute approximate surface area is 216 Å². The second-order valence-electron chi connectivity index (χ2n) is 8.05. The molecule has 8 heteroatoms. The van der Waals surface area contributed by atoms with Crippen molar-refractivity contribution in [2.24, 2.45) is 0 Å². The van der Waals surface area contributed by atoms with Crippen molar-refractivity contribution < 1.29 is 19.1 Å². The molecular formula is C28H18Cl2N2O4. The molecule has 178 valence electrons. The highest BCUT2D eigenvalue weighted by molar-refractivity contribution is 6.39. The number of benzene rings is 4. The van der Waals surface area contributed by atoms with Crippen LogP contribution in [-0.4, -0.2) is 17.8 Å². The average molecular weight is 517 g/mol. The summed E-state index contributed by atoms with van der Waals surface area (Å²) in [5, 5.41) is 4.89. The zero-order valence-corrected chi connectivity index (χ0v) is 20.2. The van der Waals surface area contributed by atoms with E-state index in [2.05, 4.69) is 5.32 Å². The van der Waals surface area contributed by atoms with E-state index >= 15 is 0 Å². The second kappa shape index (κ2) is 9.85. The Bertz CT molecular complexity index is 1550. The maximum Gasteiger partial charge on any atom is 0.335 e. The van der Waals surface area contributed by atoms with Gasteiger partial charge in [0.1, 0.15) is 17.9 Å².